The van der Waals surface area contributed by atoms with Crippen LogP contribution in [-0.4, -0.2) is 11.5 Å². The average Bonchev–Trinajstić information content (AvgIpc) is 2.69. The van der Waals surface area contributed by atoms with E-state index in [0.717, 1.165) is 11.1 Å². The van der Waals surface area contributed by atoms with E-state index in [0.29, 0.717) is 6.54 Å². The van der Waals surface area contributed by atoms with Crippen molar-refractivity contribution in [2.24, 2.45) is 5.11 Å². The third-order valence-corrected chi connectivity index (χ3v) is 2.49. The van der Waals surface area contributed by atoms with E-state index in [1.54, 1.807) is 0 Å². The number of H-pyrrole nitrogens is 1. The lowest BCUT2D eigenvalue weighted by Gasteiger charge is -1.96. The van der Waals surface area contributed by atoms with E-state index < -0.39 is 0 Å². The lowest BCUT2D eigenvalue weighted by molar-refractivity contribution is 1.22. The molecule has 1 aromatic carbocycles. The molecular formula is C12H12N4. The van der Waals surface area contributed by atoms with Crippen LogP contribution >= 0.6 is 0 Å². The van der Waals surface area contributed by atoms with Gasteiger partial charge in [0, 0.05) is 28.6 Å². The number of aromatic nitrogens is 1. The van der Waals surface area contributed by atoms with Gasteiger partial charge < -0.3 is 4.98 Å². The molecule has 0 saturated carbocycles. The molecule has 2 rings (SSSR count). The smallest absolute Gasteiger partial charge is 0.0462 e. The van der Waals surface area contributed by atoms with E-state index in [2.05, 4.69) is 28.0 Å². The second kappa shape index (κ2) is 4.55. The summed E-state index contributed by atoms with van der Waals surface area (Å²) in [6, 6.07) is 6.16. The van der Waals surface area contributed by atoms with Crippen molar-refractivity contribution in [2.75, 3.05) is 6.54 Å². The fraction of sp³-hybridized carbons (Fsp3) is 0.167. The minimum absolute atomic E-state index is 0.384. The molecule has 0 spiro atoms. The number of rotatable bonds is 3. The van der Waals surface area contributed by atoms with Crippen LogP contribution in [0.25, 0.3) is 27.4 Å². The molecule has 0 bridgehead atoms. The average molecular weight is 212 g/mol. The van der Waals surface area contributed by atoms with Crippen molar-refractivity contribution in [1.82, 2.24) is 4.98 Å². The van der Waals surface area contributed by atoms with Crippen molar-refractivity contribution < 1.29 is 0 Å². The molecule has 0 atom stereocenters. The number of nitrogens with zero attached hydrogens (tertiary/aromatic N) is 3. The van der Waals surface area contributed by atoms with Crippen molar-refractivity contribution in [3.8, 4) is 0 Å². The van der Waals surface area contributed by atoms with Crippen LogP contribution in [0.4, 0.5) is 0 Å². The number of nitrogens with one attached hydrogen (secondary N) is 1. The molecule has 1 N–H and O–H groups in total. The Morgan fingerprint density at radius 2 is 2.38 bits per heavy atom. The molecule has 0 aliphatic heterocycles. The van der Waals surface area contributed by atoms with Crippen LogP contribution in [-0.2, 0) is 0 Å². The number of aryl methyl sites for hydroxylation is 1. The number of hydrogen-bond acceptors (Lipinski definition) is 1. The van der Waals surface area contributed by atoms with E-state index in [1.807, 2.05) is 30.5 Å². The second-order valence-corrected chi connectivity index (χ2v) is 3.56. The molecule has 2 aromatic rings. The van der Waals surface area contributed by atoms with Crippen LogP contribution in [0, 0.1) is 6.92 Å². The monoisotopic (exact) mass is 212 g/mol. The normalized spacial score (nSPS) is 10.8. The summed E-state index contributed by atoms with van der Waals surface area (Å²) in [5.41, 5.74) is 11.7. The Morgan fingerprint density at radius 3 is 3.19 bits per heavy atom. The molecule has 16 heavy (non-hydrogen) atoms. The van der Waals surface area contributed by atoms with Crippen molar-refractivity contribution in [1.29, 1.82) is 0 Å². The molecule has 0 amide bonds. The van der Waals surface area contributed by atoms with E-state index in [1.165, 1.54) is 10.9 Å². The molecule has 0 unspecified atom stereocenters. The van der Waals surface area contributed by atoms with Crippen molar-refractivity contribution in [2.45, 2.75) is 6.92 Å². The van der Waals surface area contributed by atoms with Gasteiger partial charge in [0.25, 0.3) is 0 Å². The Bertz CT molecular complexity index is 574. The van der Waals surface area contributed by atoms with Gasteiger partial charge in [0.15, 0.2) is 0 Å². The summed E-state index contributed by atoms with van der Waals surface area (Å²) in [6.07, 6.45) is 5.79. The molecule has 0 aliphatic rings. The second-order valence-electron chi connectivity index (χ2n) is 3.56. The molecular weight excluding hydrogens is 200 g/mol. The van der Waals surface area contributed by atoms with Gasteiger partial charge in [0.05, 0.1) is 0 Å². The van der Waals surface area contributed by atoms with Crippen LogP contribution < -0.4 is 0 Å². The fourth-order valence-corrected chi connectivity index (χ4v) is 1.79. The number of aromatic amines is 1. The molecule has 80 valence electrons. The Balaban J connectivity index is 2.38. The first kappa shape index (κ1) is 10.3. The van der Waals surface area contributed by atoms with E-state index in [4.69, 9.17) is 5.53 Å². The largest absolute Gasteiger partial charge is 0.361 e. The number of azide groups is 1. The van der Waals surface area contributed by atoms with Gasteiger partial charge in [0.1, 0.15) is 0 Å². The lowest BCUT2D eigenvalue weighted by atomic mass is 10.1. The predicted molar refractivity (Wildman–Crippen MR) is 66.1 cm³/mol. The van der Waals surface area contributed by atoms with Gasteiger partial charge in [-0.1, -0.05) is 29.4 Å². The van der Waals surface area contributed by atoms with E-state index in [9.17, 15) is 0 Å². The first-order valence-electron chi connectivity index (χ1n) is 5.07. The molecule has 0 fully saturated rings. The van der Waals surface area contributed by atoms with Crippen LogP contribution in [0.1, 0.15) is 11.1 Å². The Hall–Kier alpha value is -2.19. The van der Waals surface area contributed by atoms with Crippen LogP contribution in [0.15, 0.2) is 35.6 Å². The van der Waals surface area contributed by atoms with Gasteiger partial charge in [-0.3, -0.25) is 0 Å². The SMILES string of the molecule is Cc1cccc2[nH]cc(C=CCN=[N+]=[N-])c12. The van der Waals surface area contributed by atoms with Crippen molar-refractivity contribution in [3.63, 3.8) is 0 Å². The zero-order valence-electron chi connectivity index (χ0n) is 9.01. The highest BCUT2D eigenvalue weighted by molar-refractivity contribution is 5.91. The predicted octanol–water partition coefficient (Wildman–Crippen LogP) is 3.80. The first-order valence-corrected chi connectivity index (χ1v) is 5.07. The summed E-state index contributed by atoms with van der Waals surface area (Å²) in [6.45, 7) is 2.47. The van der Waals surface area contributed by atoms with Gasteiger partial charge in [-0.2, -0.15) is 0 Å². The molecule has 0 aliphatic carbocycles. The summed E-state index contributed by atoms with van der Waals surface area (Å²) >= 11 is 0. The highest BCUT2D eigenvalue weighted by Gasteiger charge is 2.02. The van der Waals surface area contributed by atoms with Gasteiger partial charge in [-0.25, -0.2) is 0 Å². The van der Waals surface area contributed by atoms with Gasteiger partial charge in [-0.05, 0) is 29.6 Å². The Morgan fingerprint density at radius 1 is 1.50 bits per heavy atom. The summed E-state index contributed by atoms with van der Waals surface area (Å²) in [5, 5.41) is 4.68. The molecule has 4 heteroatoms. The topological polar surface area (TPSA) is 64.5 Å². The molecule has 0 saturated heterocycles. The maximum absolute atomic E-state index is 8.16. The highest BCUT2D eigenvalue weighted by Crippen LogP contribution is 2.22. The summed E-state index contributed by atoms with van der Waals surface area (Å²) < 4.78 is 0. The van der Waals surface area contributed by atoms with Crippen molar-refractivity contribution in [3.05, 3.63) is 52.0 Å². The zero-order chi connectivity index (χ0) is 11.4. The number of benzene rings is 1. The van der Waals surface area contributed by atoms with E-state index >= 15 is 0 Å². The molecule has 0 radical (unpaired) electrons. The third kappa shape index (κ3) is 1.92. The standard InChI is InChI=1S/C12H12N4/c1-9-4-2-6-11-12(9)10(8-14-11)5-3-7-15-16-13/h2-6,8,14H,7H2,1H3. The summed E-state index contributed by atoms with van der Waals surface area (Å²) in [4.78, 5) is 5.92. The Labute approximate surface area is 93.2 Å². The maximum Gasteiger partial charge on any atom is 0.0462 e. The summed E-state index contributed by atoms with van der Waals surface area (Å²) in [5.74, 6) is 0. The first-order chi connectivity index (χ1) is 7.83. The van der Waals surface area contributed by atoms with Gasteiger partial charge in [0.2, 0.25) is 0 Å². The molecule has 1 heterocycles. The van der Waals surface area contributed by atoms with Crippen molar-refractivity contribution >= 4 is 17.0 Å². The van der Waals surface area contributed by atoms with Crippen LogP contribution in [0.2, 0.25) is 0 Å². The number of fused-ring (bicyclic) bond motifs is 1. The quantitative estimate of drug-likeness (QED) is 0.457. The third-order valence-electron chi connectivity index (χ3n) is 2.49. The van der Waals surface area contributed by atoms with E-state index in [-0.39, 0.29) is 0 Å². The Kier molecular flexibility index (Phi) is 2.94. The summed E-state index contributed by atoms with van der Waals surface area (Å²) in [7, 11) is 0. The number of hydrogen-bond donors (Lipinski definition) is 1. The zero-order valence-corrected chi connectivity index (χ0v) is 9.01. The lowest BCUT2D eigenvalue weighted by Crippen LogP contribution is -1.76. The fourth-order valence-electron chi connectivity index (χ4n) is 1.79. The van der Waals surface area contributed by atoms with Gasteiger partial charge >= 0.3 is 0 Å². The maximum atomic E-state index is 8.16. The van der Waals surface area contributed by atoms with Gasteiger partial charge in [-0.15, -0.1) is 0 Å². The highest BCUT2D eigenvalue weighted by atomic mass is 15.1. The van der Waals surface area contributed by atoms with Crippen LogP contribution in [0.3, 0.4) is 0 Å². The molecule has 4 nitrogen and oxygen atoms in total. The minimum Gasteiger partial charge on any atom is -0.361 e. The molecule has 1 aromatic heterocycles. The minimum atomic E-state index is 0.384. The van der Waals surface area contributed by atoms with Crippen LogP contribution in [0.5, 0.6) is 0 Å².